The number of aromatic nitrogens is 5. The molecule has 3 N–H and O–H groups in total. The van der Waals surface area contributed by atoms with Crippen LogP contribution in [0.15, 0.2) is 10.9 Å². The third-order valence-electron chi connectivity index (χ3n) is 1.58. The quantitative estimate of drug-likeness (QED) is 0.628. The molecule has 0 unspecified atom stereocenters. The molecule has 0 aromatic carbocycles. The lowest BCUT2D eigenvalue weighted by Crippen LogP contribution is -2.08. The number of ether oxygens (including phenoxy) is 1. The van der Waals surface area contributed by atoms with Gasteiger partial charge in [0, 0.05) is 6.54 Å². The van der Waals surface area contributed by atoms with Gasteiger partial charge in [-0.25, -0.2) is 4.98 Å². The number of nitrogens with two attached hydrogens (primary N) is 1. The maximum absolute atomic E-state index is 5.26. The van der Waals surface area contributed by atoms with E-state index in [-0.39, 0.29) is 6.61 Å². The number of nitrogens with one attached hydrogen (secondary N) is 1. The second kappa shape index (κ2) is 4.62. The standard InChI is InChI=1S/C7H10N6O2/c8-1-2-14-3-5-11-7(13-15-5)6-9-4-10-12-6/h4H,1-3,8H2,(H,9,10,12). The molecular weight excluding hydrogens is 200 g/mol. The molecular formula is C7H10N6O2. The van der Waals surface area contributed by atoms with Crippen molar-refractivity contribution < 1.29 is 9.26 Å². The average molecular weight is 210 g/mol. The summed E-state index contributed by atoms with van der Waals surface area (Å²) in [6, 6.07) is 0. The van der Waals surface area contributed by atoms with Gasteiger partial charge in [0.05, 0.1) is 6.61 Å². The predicted octanol–water partition coefficient (Wildman–Crippen LogP) is -0.670. The van der Waals surface area contributed by atoms with E-state index in [1.165, 1.54) is 6.33 Å². The Labute approximate surface area is 84.8 Å². The van der Waals surface area contributed by atoms with Crippen LogP contribution in [0.25, 0.3) is 11.6 Å². The van der Waals surface area contributed by atoms with E-state index in [0.29, 0.717) is 30.7 Å². The maximum Gasteiger partial charge on any atom is 0.253 e. The summed E-state index contributed by atoms with van der Waals surface area (Å²) in [6.07, 6.45) is 1.37. The first kappa shape index (κ1) is 9.74. The molecule has 0 saturated heterocycles. The smallest absolute Gasteiger partial charge is 0.253 e. The number of nitrogens with zero attached hydrogens (tertiary/aromatic N) is 4. The summed E-state index contributed by atoms with van der Waals surface area (Å²) in [4.78, 5) is 7.93. The van der Waals surface area contributed by atoms with Crippen LogP contribution < -0.4 is 5.73 Å². The van der Waals surface area contributed by atoms with Crippen molar-refractivity contribution >= 4 is 0 Å². The van der Waals surface area contributed by atoms with Crippen LogP contribution in [0, 0.1) is 0 Å². The minimum atomic E-state index is 0.248. The van der Waals surface area contributed by atoms with E-state index in [4.69, 9.17) is 15.0 Å². The molecule has 0 fully saturated rings. The van der Waals surface area contributed by atoms with Crippen molar-refractivity contribution in [2.75, 3.05) is 13.2 Å². The number of aromatic amines is 1. The Hall–Kier alpha value is -1.80. The molecule has 80 valence electrons. The third-order valence-corrected chi connectivity index (χ3v) is 1.58. The Morgan fingerprint density at radius 2 is 2.47 bits per heavy atom. The highest BCUT2D eigenvalue weighted by Crippen LogP contribution is 2.08. The molecule has 0 aliphatic heterocycles. The first-order valence-corrected chi connectivity index (χ1v) is 4.36. The number of hydrogen-bond acceptors (Lipinski definition) is 7. The Morgan fingerprint density at radius 3 is 3.20 bits per heavy atom. The summed E-state index contributed by atoms with van der Waals surface area (Å²) in [5, 5.41) is 10.0. The molecule has 0 atom stereocenters. The van der Waals surface area contributed by atoms with Crippen LogP contribution >= 0.6 is 0 Å². The van der Waals surface area contributed by atoms with Crippen LogP contribution in [0.5, 0.6) is 0 Å². The van der Waals surface area contributed by atoms with Gasteiger partial charge in [0.25, 0.3) is 5.89 Å². The van der Waals surface area contributed by atoms with Crippen molar-refractivity contribution in [3.8, 4) is 11.6 Å². The lowest BCUT2D eigenvalue weighted by atomic mass is 10.6. The van der Waals surface area contributed by atoms with Gasteiger partial charge in [0.15, 0.2) is 5.82 Å². The van der Waals surface area contributed by atoms with E-state index in [0.717, 1.165) is 0 Å². The van der Waals surface area contributed by atoms with Crippen LogP contribution in [-0.2, 0) is 11.3 Å². The zero-order valence-electron chi connectivity index (χ0n) is 7.88. The van der Waals surface area contributed by atoms with Gasteiger partial charge < -0.3 is 15.0 Å². The summed E-state index contributed by atoms with van der Waals surface area (Å²) >= 11 is 0. The Balaban J connectivity index is 1.98. The monoisotopic (exact) mass is 210 g/mol. The lowest BCUT2D eigenvalue weighted by molar-refractivity contribution is 0.104. The Morgan fingerprint density at radius 1 is 1.53 bits per heavy atom. The number of H-pyrrole nitrogens is 1. The Kier molecular flexibility index (Phi) is 3.00. The van der Waals surface area contributed by atoms with Crippen molar-refractivity contribution in [3.05, 3.63) is 12.2 Å². The van der Waals surface area contributed by atoms with Gasteiger partial charge in [-0.2, -0.15) is 10.1 Å². The normalized spacial score (nSPS) is 10.7. The van der Waals surface area contributed by atoms with Crippen LogP contribution in [0.1, 0.15) is 5.89 Å². The molecule has 2 heterocycles. The Bertz CT molecular complexity index is 397. The van der Waals surface area contributed by atoms with Crippen molar-refractivity contribution in [3.63, 3.8) is 0 Å². The predicted molar refractivity (Wildman–Crippen MR) is 48.4 cm³/mol. The number of hydrogen-bond donors (Lipinski definition) is 2. The van der Waals surface area contributed by atoms with Gasteiger partial charge in [0.1, 0.15) is 12.9 Å². The minimum absolute atomic E-state index is 0.248. The van der Waals surface area contributed by atoms with E-state index in [9.17, 15) is 0 Å². The molecule has 0 bridgehead atoms. The molecule has 2 rings (SSSR count). The van der Waals surface area contributed by atoms with Crippen LogP contribution in [0.2, 0.25) is 0 Å². The first-order chi connectivity index (χ1) is 7.40. The van der Waals surface area contributed by atoms with E-state index in [1.807, 2.05) is 0 Å². The molecule has 0 radical (unpaired) electrons. The van der Waals surface area contributed by atoms with E-state index >= 15 is 0 Å². The molecule has 0 aliphatic rings. The van der Waals surface area contributed by atoms with E-state index in [1.54, 1.807) is 0 Å². The molecule has 2 aromatic heterocycles. The first-order valence-electron chi connectivity index (χ1n) is 4.36. The molecule has 8 heteroatoms. The summed E-state index contributed by atoms with van der Waals surface area (Å²) in [7, 11) is 0. The molecule has 0 spiro atoms. The molecule has 0 amide bonds. The minimum Gasteiger partial charge on any atom is -0.370 e. The fourth-order valence-corrected chi connectivity index (χ4v) is 0.966. The highest BCUT2D eigenvalue weighted by Gasteiger charge is 2.10. The van der Waals surface area contributed by atoms with Crippen molar-refractivity contribution in [2.24, 2.45) is 5.73 Å². The van der Waals surface area contributed by atoms with Gasteiger partial charge >= 0.3 is 0 Å². The highest BCUT2D eigenvalue weighted by molar-refractivity contribution is 5.39. The van der Waals surface area contributed by atoms with Crippen LogP contribution in [-0.4, -0.2) is 38.5 Å². The largest absolute Gasteiger partial charge is 0.370 e. The lowest BCUT2D eigenvalue weighted by Gasteiger charge is -1.95. The van der Waals surface area contributed by atoms with E-state index < -0.39 is 0 Å². The van der Waals surface area contributed by atoms with Crippen molar-refractivity contribution in [2.45, 2.75) is 6.61 Å². The van der Waals surface area contributed by atoms with Crippen molar-refractivity contribution in [1.29, 1.82) is 0 Å². The second-order valence-corrected chi connectivity index (χ2v) is 2.69. The van der Waals surface area contributed by atoms with Gasteiger partial charge in [-0.3, -0.25) is 5.10 Å². The molecule has 8 nitrogen and oxygen atoms in total. The fourth-order valence-electron chi connectivity index (χ4n) is 0.966. The zero-order chi connectivity index (χ0) is 10.5. The molecule has 15 heavy (non-hydrogen) atoms. The topological polar surface area (TPSA) is 116 Å². The summed E-state index contributed by atoms with van der Waals surface area (Å²) in [5.74, 6) is 1.21. The fraction of sp³-hybridized carbons (Fsp3) is 0.429. The van der Waals surface area contributed by atoms with E-state index in [2.05, 4.69) is 25.3 Å². The average Bonchev–Trinajstić information content (AvgIpc) is 2.87. The number of rotatable bonds is 5. The van der Waals surface area contributed by atoms with Crippen molar-refractivity contribution in [1.82, 2.24) is 25.3 Å². The molecule has 2 aromatic rings. The highest BCUT2D eigenvalue weighted by atomic mass is 16.5. The van der Waals surface area contributed by atoms with Gasteiger partial charge in [0.2, 0.25) is 5.82 Å². The van der Waals surface area contributed by atoms with Crippen LogP contribution in [0.3, 0.4) is 0 Å². The van der Waals surface area contributed by atoms with Gasteiger partial charge in [-0.15, -0.1) is 0 Å². The third kappa shape index (κ3) is 2.36. The van der Waals surface area contributed by atoms with Gasteiger partial charge in [-0.05, 0) is 0 Å². The zero-order valence-corrected chi connectivity index (χ0v) is 7.88. The summed E-state index contributed by atoms with van der Waals surface area (Å²) < 4.78 is 10.1. The van der Waals surface area contributed by atoms with Crippen LogP contribution in [0.4, 0.5) is 0 Å². The SMILES string of the molecule is NCCOCc1nc(-c2ncn[nH]2)no1. The second-order valence-electron chi connectivity index (χ2n) is 2.69. The molecule has 0 saturated carbocycles. The summed E-state index contributed by atoms with van der Waals surface area (Å²) in [5.41, 5.74) is 5.26. The maximum atomic E-state index is 5.26. The summed E-state index contributed by atoms with van der Waals surface area (Å²) in [6.45, 7) is 1.17. The molecule has 0 aliphatic carbocycles. The van der Waals surface area contributed by atoms with Gasteiger partial charge in [-0.1, -0.05) is 5.16 Å².